The second-order valence-electron chi connectivity index (χ2n) is 4.18. The number of halogens is 1. The summed E-state index contributed by atoms with van der Waals surface area (Å²) in [6.45, 7) is 2.66. The SMILES string of the molecule is C[C@H](NCC(O)c1cccs1)c1ccccc1Br. The molecule has 2 aromatic rings. The maximum atomic E-state index is 10.0. The van der Waals surface area contributed by atoms with Crippen molar-refractivity contribution >= 4 is 27.3 Å². The van der Waals surface area contributed by atoms with Crippen molar-refractivity contribution in [3.05, 3.63) is 56.7 Å². The highest BCUT2D eigenvalue weighted by molar-refractivity contribution is 9.10. The van der Waals surface area contributed by atoms with Crippen molar-refractivity contribution in [3.63, 3.8) is 0 Å². The van der Waals surface area contributed by atoms with Gasteiger partial charge in [0.1, 0.15) is 6.10 Å². The molecule has 0 bridgehead atoms. The van der Waals surface area contributed by atoms with Crippen LogP contribution in [0.2, 0.25) is 0 Å². The van der Waals surface area contributed by atoms with Gasteiger partial charge in [0.15, 0.2) is 0 Å². The van der Waals surface area contributed by atoms with Gasteiger partial charge >= 0.3 is 0 Å². The highest BCUT2D eigenvalue weighted by Gasteiger charge is 2.12. The quantitative estimate of drug-likeness (QED) is 0.873. The molecular weight excluding hydrogens is 310 g/mol. The number of aliphatic hydroxyl groups is 1. The van der Waals surface area contributed by atoms with E-state index >= 15 is 0 Å². The molecule has 1 aromatic heterocycles. The van der Waals surface area contributed by atoms with Crippen molar-refractivity contribution in [1.29, 1.82) is 0 Å². The summed E-state index contributed by atoms with van der Waals surface area (Å²) in [5, 5.41) is 15.3. The molecule has 96 valence electrons. The zero-order valence-electron chi connectivity index (χ0n) is 10.1. The summed E-state index contributed by atoms with van der Waals surface area (Å²) in [4.78, 5) is 1.00. The van der Waals surface area contributed by atoms with Crippen LogP contribution in [0.25, 0.3) is 0 Å². The average molecular weight is 326 g/mol. The zero-order chi connectivity index (χ0) is 13.0. The lowest BCUT2D eigenvalue weighted by Gasteiger charge is -2.18. The van der Waals surface area contributed by atoms with Crippen molar-refractivity contribution in [1.82, 2.24) is 5.32 Å². The topological polar surface area (TPSA) is 32.3 Å². The van der Waals surface area contributed by atoms with Crippen molar-refractivity contribution in [2.75, 3.05) is 6.54 Å². The minimum Gasteiger partial charge on any atom is -0.386 e. The largest absolute Gasteiger partial charge is 0.386 e. The van der Waals surface area contributed by atoms with Gasteiger partial charge in [-0.15, -0.1) is 11.3 Å². The summed E-state index contributed by atoms with van der Waals surface area (Å²) in [5.74, 6) is 0. The van der Waals surface area contributed by atoms with E-state index in [0.29, 0.717) is 6.54 Å². The van der Waals surface area contributed by atoms with Crippen LogP contribution in [0.15, 0.2) is 46.3 Å². The van der Waals surface area contributed by atoms with Crippen LogP contribution in [0.3, 0.4) is 0 Å². The number of rotatable bonds is 5. The van der Waals surface area contributed by atoms with Gasteiger partial charge in [0.25, 0.3) is 0 Å². The summed E-state index contributed by atoms with van der Waals surface area (Å²) in [5.41, 5.74) is 1.20. The van der Waals surface area contributed by atoms with Crippen LogP contribution in [0.5, 0.6) is 0 Å². The van der Waals surface area contributed by atoms with E-state index in [1.54, 1.807) is 11.3 Å². The van der Waals surface area contributed by atoms with E-state index < -0.39 is 6.10 Å². The molecule has 0 saturated heterocycles. The molecule has 0 aliphatic heterocycles. The van der Waals surface area contributed by atoms with Gasteiger partial charge in [-0.3, -0.25) is 0 Å². The Hall–Kier alpha value is -0.680. The smallest absolute Gasteiger partial charge is 0.101 e. The second kappa shape index (κ2) is 6.48. The number of nitrogens with one attached hydrogen (secondary N) is 1. The number of aliphatic hydroxyl groups excluding tert-OH is 1. The highest BCUT2D eigenvalue weighted by atomic mass is 79.9. The van der Waals surface area contributed by atoms with Crippen LogP contribution < -0.4 is 5.32 Å². The zero-order valence-corrected chi connectivity index (χ0v) is 12.5. The molecule has 18 heavy (non-hydrogen) atoms. The van der Waals surface area contributed by atoms with Gasteiger partial charge in [-0.05, 0) is 30.0 Å². The molecule has 2 nitrogen and oxygen atoms in total. The fourth-order valence-electron chi connectivity index (χ4n) is 1.81. The monoisotopic (exact) mass is 325 g/mol. The number of thiophene rings is 1. The highest BCUT2D eigenvalue weighted by Crippen LogP contribution is 2.24. The summed E-state index contributed by atoms with van der Waals surface area (Å²) < 4.78 is 1.09. The molecule has 0 aliphatic rings. The minimum absolute atomic E-state index is 0.204. The van der Waals surface area contributed by atoms with E-state index in [1.165, 1.54) is 5.56 Å². The average Bonchev–Trinajstić information content (AvgIpc) is 2.90. The van der Waals surface area contributed by atoms with Gasteiger partial charge in [0.05, 0.1) is 0 Å². The first-order valence-electron chi connectivity index (χ1n) is 5.87. The lowest BCUT2D eigenvalue weighted by Crippen LogP contribution is -2.24. The Kier molecular flexibility index (Phi) is 4.95. The predicted molar refractivity (Wildman–Crippen MR) is 79.8 cm³/mol. The molecule has 1 unspecified atom stereocenters. The summed E-state index contributed by atoms with van der Waals surface area (Å²) in [7, 11) is 0. The van der Waals surface area contributed by atoms with Crippen LogP contribution in [0.1, 0.15) is 29.5 Å². The maximum Gasteiger partial charge on any atom is 0.101 e. The van der Waals surface area contributed by atoms with Gasteiger partial charge in [0.2, 0.25) is 0 Å². The van der Waals surface area contributed by atoms with E-state index in [9.17, 15) is 5.11 Å². The van der Waals surface area contributed by atoms with Crippen LogP contribution in [-0.2, 0) is 0 Å². The standard InChI is InChI=1S/C14H16BrNOS/c1-10(11-5-2-3-6-12(11)15)16-9-13(17)14-7-4-8-18-14/h2-8,10,13,16-17H,9H2,1H3/t10-,13?/m0/s1. The molecule has 0 radical (unpaired) electrons. The van der Waals surface area contributed by atoms with Crippen molar-refractivity contribution in [2.45, 2.75) is 19.1 Å². The van der Waals surface area contributed by atoms with Crippen molar-refractivity contribution in [2.24, 2.45) is 0 Å². The molecule has 0 amide bonds. The summed E-state index contributed by atoms with van der Waals surface area (Å²) in [6.07, 6.45) is -0.435. The number of hydrogen-bond acceptors (Lipinski definition) is 3. The molecule has 2 N–H and O–H groups in total. The third-order valence-electron chi connectivity index (χ3n) is 2.86. The van der Waals surface area contributed by atoms with E-state index in [2.05, 4.69) is 34.2 Å². The molecule has 4 heteroatoms. The third kappa shape index (κ3) is 3.42. The number of hydrogen-bond donors (Lipinski definition) is 2. The Morgan fingerprint density at radius 2 is 2.06 bits per heavy atom. The first-order valence-corrected chi connectivity index (χ1v) is 7.55. The first-order chi connectivity index (χ1) is 8.68. The molecule has 1 aromatic carbocycles. The fraction of sp³-hybridized carbons (Fsp3) is 0.286. The molecular formula is C14H16BrNOS. The van der Waals surface area contributed by atoms with E-state index in [1.807, 2.05) is 35.7 Å². The molecule has 2 atom stereocenters. The Balaban J connectivity index is 1.93. The lowest BCUT2D eigenvalue weighted by molar-refractivity contribution is 0.174. The molecule has 0 fully saturated rings. The predicted octanol–water partition coefficient (Wildman–Crippen LogP) is 3.89. The van der Waals surface area contributed by atoms with E-state index in [4.69, 9.17) is 0 Å². The first kappa shape index (κ1) is 13.7. The van der Waals surface area contributed by atoms with Gasteiger partial charge in [0, 0.05) is 21.9 Å². The second-order valence-corrected chi connectivity index (χ2v) is 6.02. The molecule has 0 aliphatic carbocycles. The van der Waals surface area contributed by atoms with Crippen molar-refractivity contribution < 1.29 is 5.11 Å². The Labute approximate surface area is 120 Å². The molecule has 0 spiro atoms. The normalized spacial score (nSPS) is 14.4. The van der Waals surface area contributed by atoms with Crippen LogP contribution in [0, 0.1) is 0 Å². The Morgan fingerprint density at radius 3 is 2.72 bits per heavy atom. The van der Waals surface area contributed by atoms with Crippen LogP contribution >= 0.6 is 27.3 Å². The van der Waals surface area contributed by atoms with Gasteiger partial charge < -0.3 is 10.4 Å². The van der Waals surface area contributed by atoms with Gasteiger partial charge in [-0.1, -0.05) is 40.2 Å². The number of benzene rings is 1. The van der Waals surface area contributed by atoms with Gasteiger partial charge in [-0.2, -0.15) is 0 Å². The summed E-state index contributed by atoms with van der Waals surface area (Å²) in [6, 6.07) is 12.3. The molecule has 0 saturated carbocycles. The van der Waals surface area contributed by atoms with E-state index in [-0.39, 0.29) is 6.04 Å². The summed E-state index contributed by atoms with van der Waals surface area (Å²) >= 11 is 5.12. The maximum absolute atomic E-state index is 10.0. The fourth-order valence-corrected chi connectivity index (χ4v) is 3.15. The van der Waals surface area contributed by atoms with Gasteiger partial charge in [-0.25, -0.2) is 0 Å². The lowest BCUT2D eigenvalue weighted by atomic mass is 10.1. The molecule has 1 heterocycles. The minimum atomic E-state index is -0.435. The van der Waals surface area contributed by atoms with Crippen LogP contribution in [-0.4, -0.2) is 11.7 Å². The molecule has 2 rings (SSSR count). The van der Waals surface area contributed by atoms with Crippen molar-refractivity contribution in [3.8, 4) is 0 Å². The van der Waals surface area contributed by atoms with Crippen LogP contribution in [0.4, 0.5) is 0 Å². The Bertz CT molecular complexity index is 486. The van der Waals surface area contributed by atoms with E-state index in [0.717, 1.165) is 9.35 Å². The Morgan fingerprint density at radius 1 is 1.28 bits per heavy atom. The third-order valence-corrected chi connectivity index (χ3v) is 4.56.